The second-order valence-corrected chi connectivity index (χ2v) is 4.93. The Morgan fingerprint density at radius 1 is 1.53 bits per heavy atom. The van der Waals surface area contributed by atoms with E-state index in [4.69, 9.17) is 10.8 Å². The van der Waals surface area contributed by atoms with Gasteiger partial charge in [-0.1, -0.05) is 11.3 Å². The number of nitrogens with two attached hydrogens (primary N) is 1. The zero-order valence-corrected chi connectivity index (χ0v) is 11.0. The molecule has 19 heavy (non-hydrogen) atoms. The summed E-state index contributed by atoms with van der Waals surface area (Å²) in [4.78, 5) is 24.6. The van der Waals surface area contributed by atoms with Gasteiger partial charge in [0.05, 0.1) is 12.1 Å². The number of aryl methyl sites for hydroxylation is 1. The number of aromatic amines is 1. The number of carboxylic acid groups (broad SMARTS) is 1. The molecule has 0 saturated heterocycles. The molecule has 7 heteroatoms. The molecule has 0 spiro atoms. The second kappa shape index (κ2) is 5.15. The first-order valence-corrected chi connectivity index (χ1v) is 6.39. The molecule has 0 bridgehead atoms. The number of hydrogen-bond donors (Lipinski definition) is 4. The van der Waals surface area contributed by atoms with Crippen molar-refractivity contribution in [2.45, 2.75) is 13.5 Å². The van der Waals surface area contributed by atoms with Crippen LogP contribution in [0.1, 0.15) is 21.6 Å². The van der Waals surface area contributed by atoms with Gasteiger partial charge in [0.1, 0.15) is 0 Å². The molecule has 0 unspecified atom stereocenters. The third-order valence-electron chi connectivity index (χ3n) is 2.67. The molecule has 0 atom stereocenters. The summed E-state index contributed by atoms with van der Waals surface area (Å²) in [6.45, 7) is 2.17. The molecule has 0 fully saturated rings. The van der Waals surface area contributed by atoms with Gasteiger partial charge in [-0.2, -0.15) is 0 Å². The number of aromatic carboxylic acids is 1. The lowest BCUT2D eigenvalue weighted by molar-refractivity contribution is 0.0698. The summed E-state index contributed by atoms with van der Waals surface area (Å²) in [5.74, 6) is -1.06. The van der Waals surface area contributed by atoms with Crippen LogP contribution in [0.25, 0.3) is 0 Å². The van der Waals surface area contributed by atoms with Crippen LogP contribution in [0.15, 0.2) is 22.3 Å². The Labute approximate surface area is 112 Å². The lowest BCUT2D eigenvalue weighted by atomic mass is 10.1. The van der Waals surface area contributed by atoms with Crippen molar-refractivity contribution >= 4 is 28.7 Å². The molecular formula is C12H13N3O3S. The van der Waals surface area contributed by atoms with Crippen molar-refractivity contribution in [2.24, 2.45) is 0 Å². The highest BCUT2D eigenvalue weighted by Gasteiger charge is 2.11. The number of thiazole rings is 1. The summed E-state index contributed by atoms with van der Waals surface area (Å²) < 4.78 is 0. The van der Waals surface area contributed by atoms with Gasteiger partial charge in [0.25, 0.3) is 0 Å². The van der Waals surface area contributed by atoms with Gasteiger partial charge in [-0.25, -0.2) is 4.79 Å². The predicted molar refractivity (Wildman–Crippen MR) is 74.8 cm³/mol. The summed E-state index contributed by atoms with van der Waals surface area (Å²) in [6.07, 6.45) is 0. The van der Waals surface area contributed by atoms with Crippen LogP contribution in [0.2, 0.25) is 0 Å². The maximum atomic E-state index is 11.1. The highest BCUT2D eigenvalue weighted by atomic mass is 32.1. The van der Waals surface area contributed by atoms with Crippen LogP contribution in [-0.4, -0.2) is 16.1 Å². The van der Waals surface area contributed by atoms with Crippen LogP contribution in [-0.2, 0) is 6.54 Å². The van der Waals surface area contributed by atoms with Crippen molar-refractivity contribution in [1.29, 1.82) is 0 Å². The molecule has 100 valence electrons. The van der Waals surface area contributed by atoms with E-state index in [0.717, 1.165) is 17.0 Å². The molecule has 0 saturated carbocycles. The van der Waals surface area contributed by atoms with Crippen molar-refractivity contribution in [1.82, 2.24) is 4.98 Å². The number of hydrogen-bond acceptors (Lipinski definition) is 5. The number of carboxylic acids is 1. The standard InChI is InChI=1S/C12H13N3O3S/c1-6-2-7(3-9(10(6)13)11(16)17)14-4-8-5-19-12(18)15-8/h2-3,5,14H,4,13H2,1H3,(H,15,18)(H,16,17). The van der Waals surface area contributed by atoms with Gasteiger partial charge in [-0.3, -0.25) is 4.79 Å². The van der Waals surface area contributed by atoms with Crippen molar-refractivity contribution in [3.63, 3.8) is 0 Å². The number of H-pyrrole nitrogens is 1. The van der Waals surface area contributed by atoms with Crippen molar-refractivity contribution < 1.29 is 9.90 Å². The minimum absolute atomic E-state index is 0.0707. The van der Waals surface area contributed by atoms with Crippen molar-refractivity contribution in [2.75, 3.05) is 11.1 Å². The highest BCUT2D eigenvalue weighted by Crippen LogP contribution is 2.23. The number of nitrogen functional groups attached to an aromatic ring is 1. The van der Waals surface area contributed by atoms with Crippen LogP contribution in [0.4, 0.5) is 11.4 Å². The van der Waals surface area contributed by atoms with E-state index in [0.29, 0.717) is 17.8 Å². The van der Waals surface area contributed by atoms with Gasteiger partial charge in [-0.05, 0) is 24.6 Å². The Kier molecular flexibility index (Phi) is 3.57. The second-order valence-electron chi connectivity index (χ2n) is 4.09. The Bertz CT molecular complexity index is 675. The van der Waals surface area contributed by atoms with E-state index in [-0.39, 0.29) is 16.1 Å². The largest absolute Gasteiger partial charge is 0.478 e. The van der Waals surface area contributed by atoms with E-state index >= 15 is 0 Å². The maximum absolute atomic E-state index is 11.1. The fraction of sp³-hybridized carbons (Fsp3) is 0.167. The number of nitrogens with one attached hydrogen (secondary N) is 2. The van der Waals surface area contributed by atoms with Crippen LogP contribution >= 0.6 is 11.3 Å². The van der Waals surface area contributed by atoms with Crippen LogP contribution in [0.5, 0.6) is 0 Å². The summed E-state index contributed by atoms with van der Waals surface area (Å²) in [5.41, 5.74) is 8.14. The first kappa shape index (κ1) is 13.2. The first-order valence-electron chi connectivity index (χ1n) is 5.51. The zero-order chi connectivity index (χ0) is 14.0. The van der Waals surface area contributed by atoms with Gasteiger partial charge in [-0.15, -0.1) is 0 Å². The molecule has 1 heterocycles. The third kappa shape index (κ3) is 2.94. The van der Waals surface area contributed by atoms with Crippen molar-refractivity contribution in [3.8, 4) is 0 Å². The first-order chi connectivity index (χ1) is 8.97. The van der Waals surface area contributed by atoms with Crippen LogP contribution in [0, 0.1) is 6.92 Å². The number of aromatic nitrogens is 1. The Balaban J connectivity index is 2.21. The smallest absolute Gasteiger partial charge is 0.337 e. The summed E-state index contributed by atoms with van der Waals surface area (Å²) in [6, 6.07) is 3.25. The van der Waals surface area contributed by atoms with Crippen molar-refractivity contribution in [3.05, 3.63) is 44.0 Å². The molecule has 0 aliphatic carbocycles. The quantitative estimate of drug-likeness (QED) is 0.636. The molecule has 5 N–H and O–H groups in total. The molecule has 1 aromatic carbocycles. The third-order valence-corrected chi connectivity index (χ3v) is 3.39. The number of benzene rings is 1. The summed E-state index contributed by atoms with van der Waals surface area (Å²) in [7, 11) is 0. The fourth-order valence-corrected chi connectivity index (χ4v) is 2.26. The van der Waals surface area contributed by atoms with E-state index in [2.05, 4.69) is 10.3 Å². The Hall–Kier alpha value is -2.28. The van der Waals surface area contributed by atoms with Gasteiger partial charge in [0, 0.05) is 22.4 Å². The van der Waals surface area contributed by atoms with Gasteiger partial charge in [0.2, 0.25) is 0 Å². The average molecular weight is 279 g/mol. The zero-order valence-electron chi connectivity index (χ0n) is 10.2. The fourth-order valence-electron chi connectivity index (χ4n) is 1.68. The highest BCUT2D eigenvalue weighted by molar-refractivity contribution is 7.07. The topological polar surface area (TPSA) is 108 Å². The van der Waals surface area contributed by atoms with E-state index in [1.807, 2.05) is 0 Å². The average Bonchev–Trinajstić information content (AvgIpc) is 2.76. The molecule has 0 radical (unpaired) electrons. The molecule has 6 nitrogen and oxygen atoms in total. The van der Waals surface area contributed by atoms with Gasteiger partial charge < -0.3 is 21.1 Å². The normalized spacial score (nSPS) is 10.4. The minimum Gasteiger partial charge on any atom is -0.478 e. The Morgan fingerprint density at radius 3 is 2.84 bits per heavy atom. The number of rotatable bonds is 4. The lowest BCUT2D eigenvalue weighted by Gasteiger charge is -2.10. The minimum atomic E-state index is -1.06. The van der Waals surface area contributed by atoms with E-state index in [9.17, 15) is 9.59 Å². The molecule has 1 aromatic heterocycles. The van der Waals surface area contributed by atoms with E-state index < -0.39 is 5.97 Å². The predicted octanol–water partition coefficient (Wildman–Crippen LogP) is 1.64. The number of anilines is 2. The SMILES string of the molecule is Cc1cc(NCc2csc(=O)[nH]2)cc(C(=O)O)c1N. The molecular weight excluding hydrogens is 266 g/mol. The van der Waals surface area contributed by atoms with Crippen LogP contribution in [0.3, 0.4) is 0 Å². The summed E-state index contributed by atoms with van der Waals surface area (Å²) in [5, 5.41) is 13.8. The molecule has 2 rings (SSSR count). The van der Waals surface area contributed by atoms with Gasteiger partial charge in [0.15, 0.2) is 0 Å². The van der Waals surface area contributed by atoms with Gasteiger partial charge >= 0.3 is 10.8 Å². The molecule has 0 aliphatic heterocycles. The Morgan fingerprint density at radius 2 is 2.26 bits per heavy atom. The summed E-state index contributed by atoms with van der Waals surface area (Å²) >= 11 is 1.09. The van der Waals surface area contributed by atoms with Crippen LogP contribution < -0.4 is 15.9 Å². The van der Waals surface area contributed by atoms with E-state index in [1.54, 1.807) is 18.4 Å². The molecule has 0 amide bonds. The van der Waals surface area contributed by atoms with E-state index in [1.165, 1.54) is 6.07 Å². The maximum Gasteiger partial charge on any atom is 0.337 e. The molecule has 0 aliphatic rings. The molecule has 2 aromatic rings. The monoisotopic (exact) mass is 279 g/mol. The number of carbonyl (C=O) groups is 1. The lowest BCUT2D eigenvalue weighted by Crippen LogP contribution is -2.07.